The lowest BCUT2D eigenvalue weighted by Crippen LogP contribution is -2.31. The highest BCUT2D eigenvalue weighted by molar-refractivity contribution is 5.76. The van der Waals surface area contributed by atoms with Crippen molar-refractivity contribution < 1.29 is 9.53 Å². The van der Waals surface area contributed by atoms with Gasteiger partial charge in [-0.15, -0.1) is 5.10 Å². The molecule has 110 valence electrons. The van der Waals surface area contributed by atoms with Crippen molar-refractivity contribution in [2.75, 3.05) is 12.3 Å². The number of fused-ring (bicyclic) bond motifs is 1. The minimum absolute atomic E-state index is 0.0444. The van der Waals surface area contributed by atoms with E-state index in [9.17, 15) is 4.79 Å². The second-order valence-electron chi connectivity index (χ2n) is 4.95. The zero-order valence-corrected chi connectivity index (χ0v) is 11.5. The van der Waals surface area contributed by atoms with E-state index in [1.807, 2.05) is 24.3 Å². The first-order chi connectivity index (χ1) is 10.2. The lowest BCUT2D eigenvalue weighted by Gasteiger charge is -2.18. The minimum Gasteiger partial charge on any atom is -0.493 e. The van der Waals surface area contributed by atoms with Crippen LogP contribution in [0.2, 0.25) is 0 Å². The molecule has 1 aliphatic rings. The summed E-state index contributed by atoms with van der Waals surface area (Å²) in [4.78, 5) is 15.9. The van der Waals surface area contributed by atoms with E-state index < -0.39 is 0 Å². The quantitative estimate of drug-likeness (QED) is 0.874. The Labute approximate surface area is 122 Å². The number of hydrogen-bond acceptors (Lipinski definition) is 5. The Balaban J connectivity index is 1.70. The van der Waals surface area contributed by atoms with E-state index >= 15 is 0 Å². The maximum absolute atomic E-state index is 12.1. The number of aromatic nitrogens is 3. The highest BCUT2D eigenvalue weighted by atomic mass is 16.5. The zero-order valence-electron chi connectivity index (χ0n) is 11.5. The minimum atomic E-state index is -0.124. The molecule has 1 aromatic carbocycles. The molecule has 0 saturated carbocycles. The largest absolute Gasteiger partial charge is 0.493 e. The van der Waals surface area contributed by atoms with Crippen LogP contribution < -0.4 is 15.8 Å². The van der Waals surface area contributed by atoms with Gasteiger partial charge in [-0.05, 0) is 18.9 Å². The van der Waals surface area contributed by atoms with Crippen LogP contribution in [0, 0.1) is 0 Å². The van der Waals surface area contributed by atoms with Crippen molar-refractivity contribution >= 4 is 11.9 Å². The van der Waals surface area contributed by atoms with Gasteiger partial charge in [-0.2, -0.15) is 0 Å². The van der Waals surface area contributed by atoms with Crippen molar-refractivity contribution in [3.63, 3.8) is 0 Å². The molecule has 1 atom stereocenters. The van der Waals surface area contributed by atoms with Gasteiger partial charge in [0.25, 0.3) is 0 Å². The average molecular weight is 287 g/mol. The van der Waals surface area contributed by atoms with Gasteiger partial charge in [-0.3, -0.25) is 4.79 Å². The van der Waals surface area contributed by atoms with Gasteiger partial charge >= 0.3 is 0 Å². The molecular formula is C14H17N5O2. The fraction of sp³-hybridized carbons (Fsp3) is 0.357. The third kappa shape index (κ3) is 3.13. The summed E-state index contributed by atoms with van der Waals surface area (Å²) in [7, 11) is 0. The molecule has 2 aromatic rings. The van der Waals surface area contributed by atoms with Gasteiger partial charge in [0.15, 0.2) is 0 Å². The molecule has 0 fully saturated rings. The number of nitrogens with two attached hydrogens (primary N) is 1. The molecule has 0 spiro atoms. The molecule has 0 radical (unpaired) electrons. The zero-order chi connectivity index (χ0) is 14.7. The lowest BCUT2D eigenvalue weighted by molar-refractivity contribution is -0.122. The van der Waals surface area contributed by atoms with Gasteiger partial charge in [-0.1, -0.05) is 18.2 Å². The van der Waals surface area contributed by atoms with Gasteiger partial charge in [0.2, 0.25) is 11.9 Å². The van der Waals surface area contributed by atoms with Crippen LogP contribution in [0.1, 0.15) is 24.4 Å². The van der Waals surface area contributed by atoms with Gasteiger partial charge in [0.05, 0.1) is 12.6 Å². The molecule has 3 rings (SSSR count). The summed E-state index contributed by atoms with van der Waals surface area (Å²) in [5, 5.41) is 6.93. The standard InChI is InChI=1S/C14H17N5O2/c15-14-16-9-19(18-14)8-13(20)17-11-5-3-7-21-12-6-2-1-4-10(11)12/h1-2,4,6,9,11H,3,5,7-8H2,(H2,15,18)(H,17,20). The fourth-order valence-electron chi connectivity index (χ4n) is 2.45. The fourth-order valence-corrected chi connectivity index (χ4v) is 2.45. The molecule has 0 bridgehead atoms. The Morgan fingerprint density at radius 3 is 3.14 bits per heavy atom. The van der Waals surface area contributed by atoms with Crippen molar-refractivity contribution in [1.29, 1.82) is 0 Å². The summed E-state index contributed by atoms with van der Waals surface area (Å²) in [6, 6.07) is 7.75. The van der Waals surface area contributed by atoms with E-state index in [1.165, 1.54) is 11.0 Å². The predicted molar refractivity (Wildman–Crippen MR) is 76.5 cm³/mol. The second kappa shape index (κ2) is 5.82. The summed E-state index contributed by atoms with van der Waals surface area (Å²) in [5.74, 6) is 0.878. The predicted octanol–water partition coefficient (Wildman–Crippen LogP) is 0.890. The van der Waals surface area contributed by atoms with Gasteiger partial charge in [0.1, 0.15) is 18.6 Å². The van der Waals surface area contributed by atoms with E-state index in [4.69, 9.17) is 10.5 Å². The smallest absolute Gasteiger partial charge is 0.242 e. The van der Waals surface area contributed by atoms with Crippen molar-refractivity contribution in [1.82, 2.24) is 20.1 Å². The average Bonchev–Trinajstić information content (AvgIpc) is 2.77. The number of carbonyl (C=O) groups is 1. The van der Waals surface area contributed by atoms with Crippen LogP contribution in [0.4, 0.5) is 5.95 Å². The Morgan fingerprint density at radius 1 is 1.48 bits per heavy atom. The van der Waals surface area contributed by atoms with Crippen LogP contribution in [0.3, 0.4) is 0 Å². The third-order valence-electron chi connectivity index (χ3n) is 3.38. The Morgan fingerprint density at radius 2 is 2.33 bits per heavy atom. The maximum Gasteiger partial charge on any atom is 0.242 e. The molecule has 2 heterocycles. The molecule has 0 aliphatic carbocycles. The van der Waals surface area contributed by atoms with Crippen molar-refractivity contribution in [3.8, 4) is 5.75 Å². The number of anilines is 1. The van der Waals surface area contributed by atoms with Gasteiger partial charge in [0, 0.05) is 5.56 Å². The number of para-hydroxylation sites is 1. The first kappa shape index (κ1) is 13.4. The SMILES string of the molecule is Nc1ncn(CC(=O)NC2CCCOc3ccccc32)n1. The molecule has 1 unspecified atom stereocenters. The Bertz CT molecular complexity index is 640. The Hall–Kier alpha value is -2.57. The first-order valence-electron chi connectivity index (χ1n) is 6.88. The van der Waals surface area contributed by atoms with E-state index in [1.54, 1.807) is 0 Å². The summed E-state index contributed by atoms with van der Waals surface area (Å²) >= 11 is 0. The van der Waals surface area contributed by atoms with Crippen molar-refractivity contribution in [2.45, 2.75) is 25.4 Å². The van der Waals surface area contributed by atoms with Crippen LogP contribution in [-0.4, -0.2) is 27.3 Å². The van der Waals surface area contributed by atoms with E-state index in [2.05, 4.69) is 15.4 Å². The molecule has 1 aliphatic heterocycles. The van der Waals surface area contributed by atoms with Crippen LogP contribution in [0.5, 0.6) is 5.75 Å². The first-order valence-corrected chi connectivity index (χ1v) is 6.88. The number of rotatable bonds is 3. The summed E-state index contributed by atoms with van der Waals surface area (Å²) < 4.78 is 7.11. The number of nitrogens with one attached hydrogen (secondary N) is 1. The number of amides is 1. The molecule has 7 nitrogen and oxygen atoms in total. The van der Waals surface area contributed by atoms with Crippen LogP contribution in [-0.2, 0) is 11.3 Å². The molecule has 1 aromatic heterocycles. The highest BCUT2D eigenvalue weighted by Crippen LogP contribution is 2.30. The van der Waals surface area contributed by atoms with Crippen molar-refractivity contribution in [2.24, 2.45) is 0 Å². The number of hydrogen-bond donors (Lipinski definition) is 2. The van der Waals surface area contributed by atoms with Crippen LogP contribution >= 0.6 is 0 Å². The number of carbonyl (C=O) groups excluding carboxylic acids is 1. The van der Waals surface area contributed by atoms with E-state index in [0.29, 0.717) is 6.61 Å². The maximum atomic E-state index is 12.1. The number of benzene rings is 1. The topological polar surface area (TPSA) is 95.1 Å². The monoisotopic (exact) mass is 287 g/mol. The summed E-state index contributed by atoms with van der Waals surface area (Å²) in [6.45, 7) is 0.771. The van der Waals surface area contributed by atoms with Crippen molar-refractivity contribution in [3.05, 3.63) is 36.2 Å². The van der Waals surface area contributed by atoms with Gasteiger partial charge in [-0.25, -0.2) is 9.67 Å². The second-order valence-corrected chi connectivity index (χ2v) is 4.95. The molecule has 21 heavy (non-hydrogen) atoms. The van der Waals surface area contributed by atoms with E-state index in [-0.39, 0.29) is 24.4 Å². The Kier molecular flexibility index (Phi) is 3.72. The van der Waals surface area contributed by atoms with Crippen LogP contribution in [0.15, 0.2) is 30.6 Å². The molecule has 0 saturated heterocycles. The highest BCUT2D eigenvalue weighted by Gasteiger charge is 2.21. The van der Waals surface area contributed by atoms with Crippen LogP contribution in [0.25, 0.3) is 0 Å². The third-order valence-corrected chi connectivity index (χ3v) is 3.38. The van der Waals surface area contributed by atoms with Gasteiger partial charge < -0.3 is 15.8 Å². The lowest BCUT2D eigenvalue weighted by atomic mass is 10.0. The molecular weight excluding hydrogens is 270 g/mol. The summed E-state index contributed by atoms with van der Waals surface area (Å²) in [6.07, 6.45) is 3.19. The van der Waals surface area contributed by atoms with E-state index in [0.717, 1.165) is 24.2 Å². The number of nitrogens with zero attached hydrogens (tertiary/aromatic N) is 3. The number of nitrogen functional groups attached to an aromatic ring is 1. The molecule has 1 amide bonds. The molecule has 3 N–H and O–H groups in total. The summed E-state index contributed by atoms with van der Waals surface area (Å²) in [5.41, 5.74) is 6.45. The number of ether oxygens (including phenoxy) is 1. The molecule has 7 heteroatoms. The normalized spacial score (nSPS) is 17.4.